The quantitative estimate of drug-likeness (QED) is 0.204. The molecule has 0 atom stereocenters. The molecule has 43 heavy (non-hydrogen) atoms. The number of benzene rings is 6. The number of fused-ring (bicyclic) bond motifs is 3. The molecule has 0 aliphatic carbocycles. The van der Waals surface area contributed by atoms with E-state index < -0.39 is 0 Å². The van der Waals surface area contributed by atoms with Crippen LogP contribution >= 0.6 is 0 Å². The van der Waals surface area contributed by atoms with Gasteiger partial charge < -0.3 is 0 Å². The molecule has 0 aliphatic heterocycles. The molecular formula is C41H28N2. The van der Waals surface area contributed by atoms with Gasteiger partial charge in [-0.25, -0.2) is 0 Å². The molecule has 8 aromatic rings. The number of nitrogens with zero attached hydrogens (tertiary/aromatic N) is 2. The van der Waals surface area contributed by atoms with Gasteiger partial charge in [0.1, 0.15) is 0 Å². The second kappa shape index (κ2) is 10.3. The highest BCUT2D eigenvalue weighted by Gasteiger charge is 2.17. The fraction of sp³-hybridized carbons (Fsp3) is 0.0244. The molecule has 8 rings (SSSR count). The van der Waals surface area contributed by atoms with Gasteiger partial charge in [0.25, 0.3) is 0 Å². The van der Waals surface area contributed by atoms with Crippen LogP contribution in [0.5, 0.6) is 0 Å². The Morgan fingerprint density at radius 3 is 1.60 bits per heavy atom. The van der Waals surface area contributed by atoms with Crippen molar-refractivity contribution in [1.29, 1.82) is 0 Å². The molecule has 2 heteroatoms. The van der Waals surface area contributed by atoms with Gasteiger partial charge in [0.15, 0.2) is 0 Å². The third kappa shape index (κ3) is 4.45. The van der Waals surface area contributed by atoms with Crippen LogP contribution in [0.3, 0.4) is 0 Å². The SMILES string of the molecule is Cc1cccc(-c2c3ccccc3c(-c3ccc4ccc(-c5ccc(-c6cccnc6)cn5)cc4c3)c3ccccc23)c1. The molecule has 2 nitrogen and oxygen atoms in total. The minimum absolute atomic E-state index is 0.957. The van der Waals surface area contributed by atoms with E-state index in [4.69, 9.17) is 4.98 Å². The second-order valence-corrected chi connectivity index (χ2v) is 11.2. The molecule has 0 amide bonds. The van der Waals surface area contributed by atoms with E-state index in [0.717, 1.165) is 22.4 Å². The van der Waals surface area contributed by atoms with Crippen LogP contribution in [-0.4, -0.2) is 9.97 Å². The van der Waals surface area contributed by atoms with Crippen LogP contribution in [0.4, 0.5) is 0 Å². The maximum atomic E-state index is 4.81. The third-order valence-corrected chi connectivity index (χ3v) is 8.42. The van der Waals surface area contributed by atoms with E-state index in [1.54, 1.807) is 6.20 Å². The van der Waals surface area contributed by atoms with Gasteiger partial charge >= 0.3 is 0 Å². The van der Waals surface area contributed by atoms with Gasteiger partial charge in [-0.05, 0) is 85.8 Å². The smallest absolute Gasteiger partial charge is 0.0702 e. The van der Waals surface area contributed by atoms with E-state index in [1.165, 1.54) is 60.1 Å². The van der Waals surface area contributed by atoms with Crippen LogP contribution in [0.15, 0.2) is 152 Å². The van der Waals surface area contributed by atoms with E-state index in [-0.39, 0.29) is 0 Å². The molecule has 202 valence electrons. The van der Waals surface area contributed by atoms with Gasteiger partial charge in [-0.15, -0.1) is 0 Å². The number of aromatic nitrogens is 2. The first-order valence-electron chi connectivity index (χ1n) is 14.6. The molecular weight excluding hydrogens is 520 g/mol. The monoisotopic (exact) mass is 548 g/mol. The van der Waals surface area contributed by atoms with Crippen molar-refractivity contribution in [2.45, 2.75) is 6.92 Å². The lowest BCUT2D eigenvalue weighted by atomic mass is 9.85. The molecule has 0 saturated carbocycles. The Labute approximate surface area is 251 Å². The van der Waals surface area contributed by atoms with Crippen molar-refractivity contribution in [2.24, 2.45) is 0 Å². The predicted molar refractivity (Wildman–Crippen MR) is 181 cm³/mol. The normalized spacial score (nSPS) is 11.4. The molecule has 0 fully saturated rings. The van der Waals surface area contributed by atoms with Crippen molar-refractivity contribution in [1.82, 2.24) is 9.97 Å². The Balaban J connectivity index is 1.30. The van der Waals surface area contributed by atoms with Gasteiger partial charge in [-0.3, -0.25) is 9.97 Å². The fourth-order valence-electron chi connectivity index (χ4n) is 6.38. The first-order chi connectivity index (χ1) is 21.2. The number of rotatable bonds is 4. The number of pyridine rings is 2. The van der Waals surface area contributed by atoms with Gasteiger partial charge in [-0.1, -0.05) is 115 Å². The molecule has 2 heterocycles. The zero-order valence-electron chi connectivity index (χ0n) is 23.8. The lowest BCUT2D eigenvalue weighted by Crippen LogP contribution is -1.91. The van der Waals surface area contributed by atoms with Crippen LogP contribution < -0.4 is 0 Å². The van der Waals surface area contributed by atoms with E-state index >= 15 is 0 Å². The summed E-state index contributed by atoms with van der Waals surface area (Å²) in [5.41, 5.74) is 10.5. The topological polar surface area (TPSA) is 25.8 Å². The number of hydrogen-bond acceptors (Lipinski definition) is 2. The third-order valence-electron chi connectivity index (χ3n) is 8.42. The van der Waals surface area contributed by atoms with Gasteiger partial charge in [0.2, 0.25) is 0 Å². The summed E-state index contributed by atoms with van der Waals surface area (Å²) < 4.78 is 0. The van der Waals surface area contributed by atoms with Gasteiger partial charge in [0, 0.05) is 35.3 Å². The Morgan fingerprint density at radius 1 is 0.419 bits per heavy atom. The van der Waals surface area contributed by atoms with Crippen LogP contribution in [0.25, 0.3) is 77.0 Å². The lowest BCUT2D eigenvalue weighted by molar-refractivity contribution is 1.30. The molecule has 0 N–H and O–H groups in total. The summed E-state index contributed by atoms with van der Waals surface area (Å²) in [5.74, 6) is 0. The average molecular weight is 549 g/mol. The molecule has 0 radical (unpaired) electrons. The highest BCUT2D eigenvalue weighted by atomic mass is 14.7. The molecule has 0 unspecified atom stereocenters. The summed E-state index contributed by atoms with van der Waals surface area (Å²) in [4.78, 5) is 9.05. The zero-order chi connectivity index (χ0) is 28.8. The summed E-state index contributed by atoms with van der Waals surface area (Å²) in [6, 6.07) is 48.2. The standard InChI is InChI=1S/C41H28N2/c1-27-8-6-9-30(22-27)40-35-11-2-4-13-37(35)41(38-14-5-3-12-36(38)40)31-18-16-28-15-17-29(23-34(28)24-31)39-20-19-33(26-43-39)32-10-7-21-42-25-32/h2-26H,1H3. The highest BCUT2D eigenvalue weighted by Crippen LogP contribution is 2.44. The van der Waals surface area contributed by atoms with Crippen LogP contribution in [0, 0.1) is 6.92 Å². The summed E-state index contributed by atoms with van der Waals surface area (Å²) >= 11 is 0. The average Bonchev–Trinajstić information content (AvgIpc) is 3.07. The van der Waals surface area contributed by atoms with Crippen molar-refractivity contribution in [2.75, 3.05) is 0 Å². The van der Waals surface area contributed by atoms with Crippen molar-refractivity contribution < 1.29 is 0 Å². The molecule has 0 bridgehead atoms. The van der Waals surface area contributed by atoms with Crippen LogP contribution in [0.1, 0.15) is 5.56 Å². The molecule has 0 spiro atoms. The van der Waals surface area contributed by atoms with E-state index in [9.17, 15) is 0 Å². The maximum Gasteiger partial charge on any atom is 0.0702 e. The molecule has 2 aromatic heterocycles. The summed E-state index contributed by atoms with van der Waals surface area (Å²) in [7, 11) is 0. The Hall–Kier alpha value is -5.60. The zero-order valence-corrected chi connectivity index (χ0v) is 23.8. The largest absolute Gasteiger partial charge is 0.264 e. The van der Waals surface area contributed by atoms with Crippen LogP contribution in [0.2, 0.25) is 0 Å². The van der Waals surface area contributed by atoms with E-state index in [1.807, 2.05) is 18.5 Å². The Morgan fingerprint density at radius 2 is 1.00 bits per heavy atom. The van der Waals surface area contributed by atoms with Crippen molar-refractivity contribution >= 4 is 32.3 Å². The van der Waals surface area contributed by atoms with Gasteiger partial charge in [0.05, 0.1) is 5.69 Å². The van der Waals surface area contributed by atoms with E-state index in [0.29, 0.717) is 0 Å². The summed E-state index contributed by atoms with van der Waals surface area (Å²) in [5, 5.41) is 7.48. The first-order valence-corrected chi connectivity index (χ1v) is 14.6. The predicted octanol–water partition coefficient (Wildman–Crippen LogP) is 10.9. The lowest BCUT2D eigenvalue weighted by Gasteiger charge is -2.18. The van der Waals surface area contributed by atoms with Crippen LogP contribution in [-0.2, 0) is 0 Å². The molecule has 6 aromatic carbocycles. The highest BCUT2D eigenvalue weighted by molar-refractivity contribution is 6.21. The minimum atomic E-state index is 0.957. The number of aryl methyl sites for hydroxylation is 1. The summed E-state index contributed by atoms with van der Waals surface area (Å²) in [6.45, 7) is 2.16. The Bertz CT molecular complexity index is 2230. The molecule has 0 aliphatic rings. The van der Waals surface area contributed by atoms with Crippen molar-refractivity contribution in [3.8, 4) is 44.6 Å². The Kier molecular flexibility index (Phi) is 6.05. The van der Waals surface area contributed by atoms with Crippen molar-refractivity contribution in [3.63, 3.8) is 0 Å². The fourth-order valence-corrected chi connectivity index (χ4v) is 6.38. The summed E-state index contributed by atoms with van der Waals surface area (Å²) in [6.07, 6.45) is 5.59. The minimum Gasteiger partial charge on any atom is -0.264 e. The van der Waals surface area contributed by atoms with E-state index in [2.05, 4.69) is 139 Å². The number of hydrogen-bond donors (Lipinski definition) is 0. The van der Waals surface area contributed by atoms with Crippen molar-refractivity contribution in [3.05, 3.63) is 158 Å². The first kappa shape index (κ1) is 25.1. The maximum absolute atomic E-state index is 4.81. The second-order valence-electron chi connectivity index (χ2n) is 11.2. The van der Waals surface area contributed by atoms with Gasteiger partial charge in [-0.2, -0.15) is 0 Å². The molecule has 0 saturated heterocycles.